The highest BCUT2D eigenvalue weighted by molar-refractivity contribution is 5.74. The minimum absolute atomic E-state index is 0.00501. The number of likely N-dealkylation sites (tertiary alicyclic amines) is 1. The van der Waals surface area contributed by atoms with E-state index in [2.05, 4.69) is 10.4 Å². The molecule has 4 rings (SSSR count). The van der Waals surface area contributed by atoms with Gasteiger partial charge in [0, 0.05) is 32.6 Å². The van der Waals surface area contributed by atoms with Crippen LogP contribution in [0.5, 0.6) is 5.75 Å². The van der Waals surface area contributed by atoms with Gasteiger partial charge in [-0.1, -0.05) is 30.3 Å². The highest BCUT2D eigenvalue weighted by atomic mass is 16.5. The van der Waals surface area contributed by atoms with E-state index < -0.39 is 0 Å². The van der Waals surface area contributed by atoms with Gasteiger partial charge >= 0.3 is 11.7 Å². The fourth-order valence-corrected chi connectivity index (χ4v) is 3.97. The van der Waals surface area contributed by atoms with Gasteiger partial charge in [0.2, 0.25) is 0 Å². The standard InChI is InChI=1S/C23H27N5O3/c1-26-23(30)28(19-8-4-3-5-9-19)21(25-26)18-7-6-14-27(16-18)22(29)24-15-17-10-12-20(31-2)13-11-17/h3-5,8-13,18H,6-7,14-16H2,1-2H3,(H,24,29). The molecule has 1 saturated heterocycles. The van der Waals surface area contributed by atoms with Crippen molar-refractivity contribution in [2.45, 2.75) is 25.3 Å². The van der Waals surface area contributed by atoms with E-state index in [0.717, 1.165) is 29.8 Å². The topological polar surface area (TPSA) is 81.4 Å². The van der Waals surface area contributed by atoms with Gasteiger partial charge in [-0.25, -0.2) is 18.8 Å². The first-order chi connectivity index (χ1) is 15.1. The number of rotatable bonds is 5. The molecule has 1 fully saturated rings. The third kappa shape index (κ3) is 4.47. The molecule has 3 aromatic rings. The molecule has 1 aromatic heterocycles. The fourth-order valence-electron chi connectivity index (χ4n) is 3.97. The SMILES string of the molecule is COc1ccc(CNC(=O)N2CCCC(c3nn(C)c(=O)n3-c3ccccc3)C2)cc1. The number of ether oxygens (including phenoxy) is 1. The number of hydrogen-bond donors (Lipinski definition) is 1. The summed E-state index contributed by atoms with van der Waals surface area (Å²) in [6.45, 7) is 1.66. The summed E-state index contributed by atoms with van der Waals surface area (Å²) in [5.74, 6) is 1.48. The van der Waals surface area contributed by atoms with Crippen molar-refractivity contribution in [3.05, 3.63) is 76.5 Å². The van der Waals surface area contributed by atoms with E-state index in [4.69, 9.17) is 4.74 Å². The molecular formula is C23H27N5O3. The lowest BCUT2D eigenvalue weighted by Gasteiger charge is -2.32. The molecule has 0 saturated carbocycles. The van der Waals surface area contributed by atoms with Crippen LogP contribution in [0.4, 0.5) is 4.79 Å². The van der Waals surface area contributed by atoms with Gasteiger partial charge in [0.05, 0.1) is 12.8 Å². The summed E-state index contributed by atoms with van der Waals surface area (Å²) in [4.78, 5) is 27.3. The van der Waals surface area contributed by atoms with E-state index in [0.29, 0.717) is 25.5 Å². The van der Waals surface area contributed by atoms with Crippen LogP contribution in [0.2, 0.25) is 0 Å². The number of piperidine rings is 1. The van der Waals surface area contributed by atoms with E-state index >= 15 is 0 Å². The van der Waals surface area contributed by atoms with Crippen LogP contribution >= 0.6 is 0 Å². The number of aryl methyl sites for hydroxylation is 1. The summed E-state index contributed by atoms with van der Waals surface area (Å²) in [6, 6.07) is 17.0. The van der Waals surface area contributed by atoms with E-state index in [1.165, 1.54) is 4.68 Å². The van der Waals surface area contributed by atoms with Crippen molar-refractivity contribution >= 4 is 6.03 Å². The average molecular weight is 422 g/mol. The first kappa shape index (κ1) is 20.7. The molecule has 1 N–H and O–H groups in total. The molecule has 8 heteroatoms. The molecular weight excluding hydrogens is 394 g/mol. The molecule has 1 atom stereocenters. The Morgan fingerprint density at radius 2 is 1.90 bits per heavy atom. The molecule has 31 heavy (non-hydrogen) atoms. The third-order valence-electron chi connectivity index (χ3n) is 5.64. The van der Waals surface area contributed by atoms with Crippen LogP contribution in [0.3, 0.4) is 0 Å². The number of carbonyl (C=O) groups is 1. The van der Waals surface area contributed by atoms with Crippen LogP contribution in [0.15, 0.2) is 59.4 Å². The second-order valence-electron chi connectivity index (χ2n) is 7.73. The number of benzene rings is 2. The van der Waals surface area contributed by atoms with Crippen LogP contribution in [0.25, 0.3) is 5.69 Å². The first-order valence-electron chi connectivity index (χ1n) is 10.4. The van der Waals surface area contributed by atoms with Crippen molar-refractivity contribution in [1.82, 2.24) is 24.6 Å². The summed E-state index contributed by atoms with van der Waals surface area (Å²) in [7, 11) is 3.29. The Balaban J connectivity index is 1.47. The number of nitrogens with one attached hydrogen (secondary N) is 1. The molecule has 2 amide bonds. The van der Waals surface area contributed by atoms with Crippen molar-refractivity contribution in [2.24, 2.45) is 7.05 Å². The zero-order valence-electron chi connectivity index (χ0n) is 17.8. The van der Waals surface area contributed by atoms with Crippen molar-refractivity contribution in [1.29, 1.82) is 0 Å². The monoisotopic (exact) mass is 421 g/mol. The number of para-hydroxylation sites is 1. The molecule has 1 aliphatic rings. The summed E-state index contributed by atoms with van der Waals surface area (Å²) in [5, 5.41) is 7.50. The van der Waals surface area contributed by atoms with Gasteiger partial charge in [-0.05, 0) is 42.7 Å². The largest absolute Gasteiger partial charge is 0.497 e. The molecule has 2 aromatic carbocycles. The van der Waals surface area contributed by atoms with Crippen LogP contribution in [0, 0.1) is 0 Å². The lowest BCUT2D eigenvalue weighted by molar-refractivity contribution is 0.177. The maximum absolute atomic E-state index is 12.8. The zero-order chi connectivity index (χ0) is 21.8. The Morgan fingerprint density at radius 3 is 2.61 bits per heavy atom. The Labute approximate surface area is 181 Å². The average Bonchev–Trinajstić information content (AvgIpc) is 3.12. The molecule has 0 aliphatic carbocycles. The number of nitrogens with zero attached hydrogens (tertiary/aromatic N) is 4. The van der Waals surface area contributed by atoms with Gasteiger partial charge < -0.3 is 15.0 Å². The normalized spacial score (nSPS) is 16.2. The van der Waals surface area contributed by atoms with Crippen molar-refractivity contribution in [3.63, 3.8) is 0 Å². The number of hydrogen-bond acceptors (Lipinski definition) is 4. The Hall–Kier alpha value is -3.55. The van der Waals surface area contributed by atoms with Crippen LogP contribution in [-0.4, -0.2) is 45.5 Å². The molecule has 162 valence electrons. The van der Waals surface area contributed by atoms with Gasteiger partial charge in [-0.15, -0.1) is 0 Å². The first-order valence-corrected chi connectivity index (χ1v) is 10.4. The van der Waals surface area contributed by atoms with Crippen molar-refractivity contribution < 1.29 is 9.53 Å². The second-order valence-corrected chi connectivity index (χ2v) is 7.73. The summed E-state index contributed by atoms with van der Waals surface area (Å²) < 4.78 is 8.19. The predicted molar refractivity (Wildman–Crippen MR) is 118 cm³/mol. The van der Waals surface area contributed by atoms with E-state index in [1.807, 2.05) is 59.5 Å². The highest BCUT2D eigenvalue weighted by Crippen LogP contribution is 2.26. The van der Waals surface area contributed by atoms with Crippen LogP contribution in [0.1, 0.15) is 30.1 Å². The Bertz CT molecular complexity index is 1090. The molecule has 0 bridgehead atoms. The molecule has 1 aliphatic heterocycles. The number of urea groups is 1. The predicted octanol–water partition coefficient (Wildman–Crippen LogP) is 2.67. The number of carbonyl (C=O) groups excluding carboxylic acids is 1. The maximum atomic E-state index is 12.8. The lowest BCUT2D eigenvalue weighted by atomic mass is 9.97. The van der Waals surface area contributed by atoms with Gasteiger partial charge in [-0.3, -0.25) is 0 Å². The Kier molecular flexibility index (Phi) is 6.06. The summed E-state index contributed by atoms with van der Waals surface area (Å²) >= 11 is 0. The maximum Gasteiger partial charge on any atom is 0.350 e. The summed E-state index contributed by atoms with van der Waals surface area (Å²) in [6.07, 6.45) is 1.74. The second kappa shape index (κ2) is 9.07. The number of aromatic nitrogens is 3. The number of methoxy groups -OCH3 is 1. The lowest BCUT2D eigenvalue weighted by Crippen LogP contribution is -2.45. The van der Waals surface area contributed by atoms with Gasteiger partial charge in [0.1, 0.15) is 11.6 Å². The van der Waals surface area contributed by atoms with Crippen LogP contribution < -0.4 is 15.7 Å². The van der Waals surface area contributed by atoms with Gasteiger partial charge in [0.15, 0.2) is 0 Å². The van der Waals surface area contributed by atoms with Gasteiger partial charge in [-0.2, -0.15) is 5.10 Å². The minimum Gasteiger partial charge on any atom is -0.497 e. The van der Waals surface area contributed by atoms with E-state index in [-0.39, 0.29) is 17.6 Å². The molecule has 1 unspecified atom stereocenters. The smallest absolute Gasteiger partial charge is 0.350 e. The Morgan fingerprint density at radius 1 is 1.16 bits per heavy atom. The molecule has 8 nitrogen and oxygen atoms in total. The molecule has 0 spiro atoms. The third-order valence-corrected chi connectivity index (χ3v) is 5.64. The fraction of sp³-hybridized carbons (Fsp3) is 0.348. The van der Waals surface area contributed by atoms with E-state index in [1.54, 1.807) is 18.7 Å². The summed E-state index contributed by atoms with van der Waals surface area (Å²) in [5.41, 5.74) is 1.62. The van der Waals surface area contributed by atoms with Gasteiger partial charge in [0.25, 0.3) is 0 Å². The van der Waals surface area contributed by atoms with Crippen molar-refractivity contribution in [2.75, 3.05) is 20.2 Å². The quantitative estimate of drug-likeness (QED) is 0.687. The van der Waals surface area contributed by atoms with E-state index in [9.17, 15) is 9.59 Å². The van der Waals surface area contributed by atoms with Crippen molar-refractivity contribution in [3.8, 4) is 11.4 Å². The molecule has 2 heterocycles. The molecule has 0 radical (unpaired) electrons. The zero-order valence-corrected chi connectivity index (χ0v) is 17.8. The highest BCUT2D eigenvalue weighted by Gasteiger charge is 2.29. The number of amides is 2. The minimum atomic E-state index is -0.178. The van der Waals surface area contributed by atoms with Crippen LogP contribution in [-0.2, 0) is 13.6 Å².